The van der Waals surface area contributed by atoms with Crippen LogP contribution in [0.15, 0.2) is 125 Å². The van der Waals surface area contributed by atoms with Crippen molar-refractivity contribution in [3.8, 4) is 17.2 Å². The zero-order chi connectivity index (χ0) is 52.3. The zero-order valence-electron chi connectivity index (χ0n) is 43.3. The Morgan fingerprint density at radius 2 is 1.54 bits per heavy atom. The van der Waals surface area contributed by atoms with Gasteiger partial charge in [0.2, 0.25) is 11.7 Å². The molecule has 1 heterocycles. The van der Waals surface area contributed by atoms with E-state index in [4.69, 9.17) is 24.2 Å². The number of nitrogens with zero attached hydrogens (tertiary/aromatic N) is 3. The van der Waals surface area contributed by atoms with Crippen molar-refractivity contribution in [2.45, 2.75) is 152 Å². The third-order valence-electron chi connectivity index (χ3n) is 14.9. The number of ether oxygens (including phenoxy) is 3. The van der Waals surface area contributed by atoms with Crippen LogP contribution < -0.4 is 9.47 Å². The Hall–Kier alpha value is -5.54. The molecule has 0 spiro atoms. The Balaban J connectivity index is 1.38. The molecule has 398 valence electrons. The summed E-state index contributed by atoms with van der Waals surface area (Å²) in [5.41, 5.74) is 3.84. The number of allylic oxidation sites excluding steroid dienone is 1. The second-order valence-electron chi connectivity index (χ2n) is 20.0. The van der Waals surface area contributed by atoms with Gasteiger partial charge in [0.25, 0.3) is 5.69 Å². The maximum absolute atomic E-state index is 15.3. The van der Waals surface area contributed by atoms with Crippen molar-refractivity contribution in [1.29, 1.82) is 0 Å². The van der Waals surface area contributed by atoms with Crippen LogP contribution in [-0.2, 0) is 27.5 Å². The molecule has 1 amide bonds. The van der Waals surface area contributed by atoms with Gasteiger partial charge in [0, 0.05) is 61.1 Å². The molecule has 6 atom stereocenters. The molecule has 12 nitrogen and oxygen atoms in total. The van der Waals surface area contributed by atoms with Crippen molar-refractivity contribution in [3.05, 3.63) is 148 Å². The largest absolute Gasteiger partial charge is 0.459 e. The number of unbranched alkanes of at least 4 members (excludes halogenated alkanes) is 10. The fourth-order valence-corrected chi connectivity index (χ4v) is 11.7. The number of aliphatic hydroxyl groups is 2. The zero-order valence-corrected chi connectivity index (χ0v) is 44.2. The van der Waals surface area contributed by atoms with E-state index in [1.807, 2.05) is 47.6 Å². The molecule has 4 aromatic rings. The second-order valence-corrected chi connectivity index (χ2v) is 20.9. The normalized spacial score (nSPS) is 21.2. The van der Waals surface area contributed by atoms with E-state index in [2.05, 4.69) is 25.6 Å². The molecule has 4 aromatic carbocycles. The first-order valence-corrected chi connectivity index (χ1v) is 28.1. The molecular formula is C60H76FN3O9S. The highest BCUT2D eigenvalue weighted by molar-refractivity contribution is 7.98. The Kier molecular flexibility index (Phi) is 21.6. The second kappa shape index (κ2) is 28.4. The predicted molar refractivity (Wildman–Crippen MR) is 290 cm³/mol. The van der Waals surface area contributed by atoms with Crippen molar-refractivity contribution in [2.24, 2.45) is 22.9 Å². The van der Waals surface area contributed by atoms with Gasteiger partial charge < -0.3 is 34.2 Å². The first-order valence-electron chi connectivity index (χ1n) is 26.9. The number of nitro groups is 1. The maximum Gasteiger partial charge on any atom is 0.269 e. The highest BCUT2D eigenvalue weighted by Crippen LogP contribution is 2.62. The number of hydrogen-bond donors (Lipinski definition) is 2. The number of nitro benzene ring substituents is 1. The van der Waals surface area contributed by atoms with Gasteiger partial charge in [-0.1, -0.05) is 101 Å². The molecule has 1 saturated carbocycles. The number of non-ortho nitro benzene ring substituents is 1. The molecule has 1 aliphatic heterocycles. The van der Waals surface area contributed by atoms with E-state index in [9.17, 15) is 24.7 Å². The molecule has 0 aromatic heterocycles. The fourth-order valence-electron chi connectivity index (χ4n) is 11.3. The Labute approximate surface area is 441 Å². The van der Waals surface area contributed by atoms with Crippen LogP contribution in [0.5, 0.6) is 17.2 Å². The highest BCUT2D eigenvalue weighted by atomic mass is 32.2. The van der Waals surface area contributed by atoms with E-state index >= 15 is 4.79 Å². The van der Waals surface area contributed by atoms with Crippen LogP contribution in [0.4, 0.5) is 10.1 Å². The van der Waals surface area contributed by atoms with Gasteiger partial charge in [0.1, 0.15) is 35.7 Å². The average molecular weight is 1030 g/mol. The molecule has 0 bridgehead atoms. The molecule has 0 unspecified atom stereocenters. The Bertz CT molecular complexity index is 2490. The smallest absolute Gasteiger partial charge is 0.269 e. The summed E-state index contributed by atoms with van der Waals surface area (Å²) in [6, 6.07) is 25.6. The fraction of sp³-hybridized carbons (Fsp3) is 0.500. The van der Waals surface area contributed by atoms with Gasteiger partial charge in [-0.15, -0.1) is 18.3 Å². The number of thioether (sulfide) groups is 1. The number of hydrogen-bond acceptors (Lipinski definition) is 11. The first kappa shape index (κ1) is 56.2. The van der Waals surface area contributed by atoms with Crippen LogP contribution in [-0.4, -0.2) is 69.6 Å². The molecule has 74 heavy (non-hydrogen) atoms. The van der Waals surface area contributed by atoms with Crippen LogP contribution in [0.2, 0.25) is 0 Å². The highest BCUT2D eigenvalue weighted by Gasteiger charge is 2.65. The van der Waals surface area contributed by atoms with Gasteiger partial charge >= 0.3 is 0 Å². The third kappa shape index (κ3) is 14.4. The minimum atomic E-state index is -1.50. The lowest BCUT2D eigenvalue weighted by Crippen LogP contribution is -2.70. The van der Waals surface area contributed by atoms with Crippen molar-refractivity contribution in [2.75, 3.05) is 26.1 Å². The number of amides is 1. The van der Waals surface area contributed by atoms with Crippen LogP contribution in [0.1, 0.15) is 139 Å². The lowest BCUT2D eigenvalue weighted by atomic mass is 9.55. The van der Waals surface area contributed by atoms with Gasteiger partial charge in [-0.05, 0) is 134 Å². The van der Waals surface area contributed by atoms with Gasteiger partial charge in [-0.2, -0.15) is 0 Å². The van der Waals surface area contributed by atoms with Crippen molar-refractivity contribution < 1.29 is 43.4 Å². The molecular weight excluding hydrogens is 958 g/mol. The molecule has 2 aliphatic carbocycles. The van der Waals surface area contributed by atoms with Crippen molar-refractivity contribution >= 4 is 29.1 Å². The molecule has 14 heteroatoms. The minimum absolute atomic E-state index is 0.00299. The van der Waals surface area contributed by atoms with Gasteiger partial charge in [0.15, 0.2) is 0 Å². The van der Waals surface area contributed by atoms with E-state index in [1.165, 1.54) is 56.4 Å². The molecule has 0 radical (unpaired) electrons. The molecule has 3 aliphatic rings. The summed E-state index contributed by atoms with van der Waals surface area (Å²) in [5, 5.41) is 36.6. The summed E-state index contributed by atoms with van der Waals surface area (Å²) in [6.45, 7) is 6.72. The Morgan fingerprint density at radius 1 is 0.878 bits per heavy atom. The molecule has 2 N–H and O–H groups in total. The van der Waals surface area contributed by atoms with Crippen LogP contribution >= 0.6 is 11.8 Å². The summed E-state index contributed by atoms with van der Waals surface area (Å²) < 4.78 is 35.9. The predicted octanol–water partition coefficient (Wildman–Crippen LogP) is 14.0. The van der Waals surface area contributed by atoms with Gasteiger partial charge in [-0.25, -0.2) is 4.39 Å². The quantitative estimate of drug-likeness (QED) is 0.0164. The van der Waals surface area contributed by atoms with Gasteiger partial charge in [0.05, 0.1) is 23.2 Å². The molecule has 0 saturated heterocycles. The van der Waals surface area contributed by atoms with E-state index < -0.39 is 22.7 Å². The third-order valence-corrected chi connectivity index (χ3v) is 15.7. The number of rotatable bonds is 31. The van der Waals surface area contributed by atoms with E-state index in [1.54, 1.807) is 42.1 Å². The average Bonchev–Trinajstić information content (AvgIpc) is 3.42. The topological polar surface area (TPSA) is 153 Å². The maximum atomic E-state index is 15.3. The van der Waals surface area contributed by atoms with Crippen LogP contribution in [0.3, 0.4) is 0 Å². The minimum Gasteiger partial charge on any atom is -0.459 e. The standard InChI is InChI=1S/C60H76FN3O9S/c1-4-6-7-8-9-10-11-12-13-20-57(67)63(41-43-21-25-46(61)26-22-43)56-40-54(62-71-42-44-23-27-47(28-24-44)64(68)69)52-38-45(18-14-16-35-65)51(19-15-17-36-66)58-53-39-49(72-48-29-32-50(74-3)33-30-48)31-34-55(53)73-60(56,59(52)58)70-37-5-2/h5,21-34,38-39,45,51,56,58-59,65-66H,2,4,6-20,35-37,40-42H2,1,3H3/t45-,51+,56-,58+,59+,60+/m0/s1. The number of carbonyl (C=O) groups is 1. The SMILES string of the molecule is C=CCO[C@@]12Oc3ccc(Oc4ccc(SC)cc4)cc3[C@H]3[C@H](CCCCO)[C@@H](CCCCO)C=C(C(=NOCc4ccc([N+](=O)[O-])cc4)C[C@@H]1N(Cc1ccc(F)cc1)C(=O)CCCCCCCCCCC)[C@H]32. The summed E-state index contributed by atoms with van der Waals surface area (Å²) in [4.78, 5) is 35.6. The molecule has 7 rings (SSSR count). The summed E-state index contributed by atoms with van der Waals surface area (Å²) in [5.74, 6) is -0.880. The van der Waals surface area contributed by atoms with Crippen LogP contribution in [0.25, 0.3) is 0 Å². The van der Waals surface area contributed by atoms with E-state index in [0.717, 1.165) is 66.5 Å². The number of oxime groups is 1. The lowest BCUT2D eigenvalue weighted by Gasteiger charge is -2.60. The summed E-state index contributed by atoms with van der Waals surface area (Å²) >= 11 is 1.66. The summed E-state index contributed by atoms with van der Waals surface area (Å²) in [7, 11) is 0. The van der Waals surface area contributed by atoms with Crippen molar-refractivity contribution in [1.82, 2.24) is 4.90 Å². The number of benzene rings is 4. The van der Waals surface area contributed by atoms with Gasteiger partial charge in [-0.3, -0.25) is 14.9 Å². The van der Waals surface area contributed by atoms with Crippen LogP contribution in [0, 0.1) is 33.7 Å². The number of fused-ring (bicyclic) bond motifs is 2. The number of aliphatic hydroxyl groups excluding tert-OH is 2. The summed E-state index contributed by atoms with van der Waals surface area (Å²) in [6.07, 6.45) is 20.7. The van der Waals surface area contributed by atoms with E-state index in [0.29, 0.717) is 47.8 Å². The number of halogens is 1. The van der Waals surface area contributed by atoms with E-state index in [-0.39, 0.29) is 81.0 Å². The number of carbonyl (C=O) groups excluding carboxylic acids is 1. The lowest BCUT2D eigenvalue weighted by molar-refractivity contribution is -0.384. The Morgan fingerprint density at radius 3 is 2.20 bits per heavy atom. The first-order chi connectivity index (χ1) is 36.1. The monoisotopic (exact) mass is 1030 g/mol. The molecule has 1 fully saturated rings. The van der Waals surface area contributed by atoms with Crippen molar-refractivity contribution in [3.63, 3.8) is 0 Å².